The summed E-state index contributed by atoms with van der Waals surface area (Å²) in [6, 6.07) is 13.5. The third kappa shape index (κ3) is 3.74. The molecule has 1 aliphatic carbocycles. The fourth-order valence-corrected chi connectivity index (χ4v) is 2.85. The van der Waals surface area contributed by atoms with Gasteiger partial charge >= 0.3 is 0 Å². The Hall–Kier alpha value is -2.82. The number of benzene rings is 1. The van der Waals surface area contributed by atoms with Crippen molar-refractivity contribution in [2.24, 2.45) is 0 Å². The molecule has 24 heavy (non-hydrogen) atoms. The fourth-order valence-electron chi connectivity index (χ4n) is 2.85. The summed E-state index contributed by atoms with van der Waals surface area (Å²) in [7, 11) is 0. The second kappa shape index (κ2) is 7.17. The largest absolute Gasteiger partial charge is 0.465 e. The molecule has 1 fully saturated rings. The Kier molecular flexibility index (Phi) is 4.79. The van der Waals surface area contributed by atoms with Crippen LogP contribution in [0.15, 0.2) is 59.2 Å². The number of nitrogens with one attached hydrogen (secondary N) is 2. The van der Waals surface area contributed by atoms with Crippen molar-refractivity contribution in [1.82, 2.24) is 10.6 Å². The van der Waals surface area contributed by atoms with Gasteiger partial charge in [-0.1, -0.05) is 30.3 Å². The van der Waals surface area contributed by atoms with Crippen molar-refractivity contribution < 1.29 is 14.0 Å². The molecule has 1 saturated carbocycles. The summed E-state index contributed by atoms with van der Waals surface area (Å²) in [5.74, 6) is 0.0781. The molecule has 0 saturated heterocycles. The molecule has 0 radical (unpaired) electrons. The van der Waals surface area contributed by atoms with Crippen molar-refractivity contribution in [3.05, 3.63) is 66.1 Å². The van der Waals surface area contributed by atoms with Gasteiger partial charge in [0.15, 0.2) is 0 Å². The summed E-state index contributed by atoms with van der Waals surface area (Å²) >= 11 is 0. The Bertz CT molecular complexity index is 716. The zero-order valence-corrected chi connectivity index (χ0v) is 13.3. The Morgan fingerprint density at radius 1 is 1.12 bits per heavy atom. The van der Waals surface area contributed by atoms with Crippen LogP contribution in [0.1, 0.15) is 30.6 Å². The summed E-state index contributed by atoms with van der Waals surface area (Å²) in [4.78, 5) is 23.9. The molecule has 124 valence electrons. The van der Waals surface area contributed by atoms with Gasteiger partial charge in [-0.2, -0.15) is 0 Å². The molecule has 2 aromatic rings. The van der Waals surface area contributed by atoms with Gasteiger partial charge in [-0.15, -0.1) is 0 Å². The third-order valence-electron chi connectivity index (χ3n) is 4.28. The monoisotopic (exact) mass is 324 g/mol. The quantitative estimate of drug-likeness (QED) is 0.802. The van der Waals surface area contributed by atoms with Crippen LogP contribution in [0.25, 0.3) is 6.08 Å². The SMILES string of the molecule is O=C(C=Cc1ccco1)NCC(=O)NC1(c2ccccc2)CCC1. The molecule has 2 N–H and O–H groups in total. The Labute approximate surface area is 140 Å². The molecule has 0 bridgehead atoms. The highest BCUT2D eigenvalue weighted by molar-refractivity contribution is 5.94. The minimum Gasteiger partial charge on any atom is -0.465 e. The van der Waals surface area contributed by atoms with Gasteiger partial charge < -0.3 is 15.1 Å². The molecular formula is C19H20N2O3. The van der Waals surface area contributed by atoms with Crippen LogP contribution in [-0.4, -0.2) is 18.4 Å². The predicted octanol–water partition coefficient (Wildman–Crippen LogP) is 2.60. The van der Waals surface area contributed by atoms with E-state index in [0.29, 0.717) is 5.76 Å². The van der Waals surface area contributed by atoms with Crippen molar-refractivity contribution in [3.8, 4) is 0 Å². The van der Waals surface area contributed by atoms with Crippen molar-refractivity contribution in [2.45, 2.75) is 24.8 Å². The standard InChI is InChI=1S/C19H20N2O3/c22-17(10-9-16-8-4-13-24-16)20-14-18(23)21-19(11-5-12-19)15-6-2-1-3-7-15/h1-4,6-10,13H,5,11-12,14H2,(H,20,22)(H,21,23). The van der Waals surface area contributed by atoms with Gasteiger partial charge in [-0.25, -0.2) is 0 Å². The minimum absolute atomic E-state index is 0.0457. The van der Waals surface area contributed by atoms with Crippen LogP contribution in [0.2, 0.25) is 0 Å². The number of rotatable bonds is 6. The molecule has 1 aromatic heterocycles. The first kappa shape index (κ1) is 16.1. The van der Waals surface area contributed by atoms with Crippen LogP contribution in [-0.2, 0) is 15.1 Å². The maximum Gasteiger partial charge on any atom is 0.244 e. The lowest BCUT2D eigenvalue weighted by Gasteiger charge is -2.43. The molecule has 0 aliphatic heterocycles. The number of carbonyl (C=O) groups excluding carboxylic acids is 2. The van der Waals surface area contributed by atoms with Gasteiger partial charge in [0.2, 0.25) is 11.8 Å². The smallest absolute Gasteiger partial charge is 0.244 e. The van der Waals surface area contributed by atoms with E-state index in [1.54, 1.807) is 18.2 Å². The second-order valence-corrected chi connectivity index (χ2v) is 5.92. The van der Waals surface area contributed by atoms with E-state index < -0.39 is 0 Å². The lowest BCUT2D eigenvalue weighted by molar-refractivity contribution is -0.126. The molecule has 1 aliphatic rings. The van der Waals surface area contributed by atoms with Crippen molar-refractivity contribution >= 4 is 17.9 Å². The third-order valence-corrected chi connectivity index (χ3v) is 4.28. The topological polar surface area (TPSA) is 71.3 Å². The summed E-state index contributed by atoms with van der Waals surface area (Å²) in [6.07, 6.45) is 7.39. The molecule has 0 spiro atoms. The van der Waals surface area contributed by atoms with Gasteiger partial charge in [0.1, 0.15) is 5.76 Å². The first-order valence-electron chi connectivity index (χ1n) is 8.04. The number of hydrogen-bond acceptors (Lipinski definition) is 3. The fraction of sp³-hybridized carbons (Fsp3) is 0.263. The van der Waals surface area contributed by atoms with Gasteiger partial charge in [-0.05, 0) is 43.0 Å². The van der Waals surface area contributed by atoms with E-state index in [1.165, 1.54) is 12.3 Å². The number of amides is 2. The first-order chi connectivity index (χ1) is 11.7. The van der Waals surface area contributed by atoms with Gasteiger partial charge in [0, 0.05) is 6.08 Å². The number of hydrogen-bond donors (Lipinski definition) is 2. The summed E-state index contributed by atoms with van der Waals surface area (Å²) in [6.45, 7) is -0.0457. The highest BCUT2D eigenvalue weighted by atomic mass is 16.3. The lowest BCUT2D eigenvalue weighted by Crippen LogP contribution is -2.53. The lowest BCUT2D eigenvalue weighted by atomic mass is 9.72. The van der Waals surface area contributed by atoms with Crippen LogP contribution in [0.5, 0.6) is 0 Å². The Balaban J connectivity index is 1.51. The normalized spacial score (nSPS) is 15.7. The van der Waals surface area contributed by atoms with Crippen LogP contribution in [0, 0.1) is 0 Å². The number of carbonyl (C=O) groups is 2. The molecular weight excluding hydrogens is 304 g/mol. The highest BCUT2D eigenvalue weighted by Crippen LogP contribution is 2.40. The van der Waals surface area contributed by atoms with Crippen molar-refractivity contribution in [1.29, 1.82) is 0 Å². The molecule has 3 rings (SSSR count). The molecule has 0 unspecified atom stereocenters. The summed E-state index contributed by atoms with van der Waals surface area (Å²) < 4.78 is 5.10. The van der Waals surface area contributed by atoms with E-state index in [4.69, 9.17) is 4.42 Å². The molecule has 5 heteroatoms. The van der Waals surface area contributed by atoms with E-state index >= 15 is 0 Å². The Morgan fingerprint density at radius 3 is 2.54 bits per heavy atom. The van der Waals surface area contributed by atoms with Crippen LogP contribution in [0.3, 0.4) is 0 Å². The summed E-state index contributed by atoms with van der Waals surface area (Å²) in [5.41, 5.74) is 0.834. The van der Waals surface area contributed by atoms with E-state index in [9.17, 15) is 9.59 Å². The first-order valence-corrected chi connectivity index (χ1v) is 8.04. The molecule has 0 atom stereocenters. The highest BCUT2D eigenvalue weighted by Gasteiger charge is 2.39. The number of furan rings is 1. The molecule has 1 aromatic carbocycles. The molecule has 5 nitrogen and oxygen atoms in total. The van der Waals surface area contributed by atoms with E-state index in [1.807, 2.05) is 30.3 Å². The average Bonchev–Trinajstić information content (AvgIpc) is 3.08. The summed E-state index contributed by atoms with van der Waals surface area (Å²) in [5, 5.41) is 5.66. The maximum absolute atomic E-state index is 12.2. The van der Waals surface area contributed by atoms with E-state index in [2.05, 4.69) is 10.6 Å². The van der Waals surface area contributed by atoms with Gasteiger partial charge in [-0.3, -0.25) is 9.59 Å². The molecule has 1 heterocycles. The van der Waals surface area contributed by atoms with Crippen LogP contribution >= 0.6 is 0 Å². The van der Waals surface area contributed by atoms with Crippen LogP contribution < -0.4 is 10.6 Å². The maximum atomic E-state index is 12.2. The zero-order chi connectivity index (χ0) is 16.8. The van der Waals surface area contributed by atoms with Gasteiger partial charge in [0.05, 0.1) is 18.3 Å². The minimum atomic E-state index is -0.330. The van der Waals surface area contributed by atoms with Crippen LogP contribution in [0.4, 0.5) is 0 Å². The van der Waals surface area contributed by atoms with Crippen molar-refractivity contribution in [2.75, 3.05) is 6.54 Å². The Morgan fingerprint density at radius 2 is 1.92 bits per heavy atom. The molecule has 2 amide bonds. The van der Waals surface area contributed by atoms with E-state index in [-0.39, 0.29) is 23.9 Å². The predicted molar refractivity (Wildman–Crippen MR) is 90.9 cm³/mol. The van der Waals surface area contributed by atoms with Gasteiger partial charge in [0.25, 0.3) is 0 Å². The van der Waals surface area contributed by atoms with E-state index in [0.717, 1.165) is 24.8 Å². The second-order valence-electron chi connectivity index (χ2n) is 5.92. The average molecular weight is 324 g/mol. The zero-order valence-electron chi connectivity index (χ0n) is 13.3. The van der Waals surface area contributed by atoms with Crippen molar-refractivity contribution in [3.63, 3.8) is 0 Å².